The molecule has 1 aromatic rings. The smallest absolute Gasteiger partial charge is 0.169 e. The largest absolute Gasteiger partial charge is 0.494 e. The molecule has 1 aliphatic heterocycles. The molecule has 17 heavy (non-hydrogen) atoms. The number of methoxy groups -OCH3 is 1. The van der Waals surface area contributed by atoms with Gasteiger partial charge in [0.25, 0.3) is 0 Å². The number of hydrogen-bond acceptors (Lipinski definition) is 4. The van der Waals surface area contributed by atoms with Gasteiger partial charge in [0, 0.05) is 5.56 Å². The van der Waals surface area contributed by atoms with Crippen LogP contribution in [0.1, 0.15) is 11.6 Å². The maximum Gasteiger partial charge on any atom is 0.169 e. The van der Waals surface area contributed by atoms with Gasteiger partial charge in [-0.05, 0) is 6.07 Å². The number of benzene rings is 1. The molecule has 4 nitrogen and oxygen atoms in total. The molecule has 0 radical (unpaired) electrons. The van der Waals surface area contributed by atoms with Crippen molar-refractivity contribution in [2.45, 2.75) is 12.1 Å². The Bertz CT molecular complexity index is 380. The number of rotatable bonds is 3. The first-order chi connectivity index (χ1) is 8.24. The molecule has 0 saturated carbocycles. The van der Waals surface area contributed by atoms with E-state index in [1.165, 1.54) is 7.11 Å². The molecule has 0 aliphatic carbocycles. The van der Waals surface area contributed by atoms with E-state index < -0.39 is 11.9 Å². The van der Waals surface area contributed by atoms with Crippen molar-refractivity contribution < 1.29 is 18.6 Å². The highest BCUT2D eigenvalue weighted by Crippen LogP contribution is 2.27. The lowest BCUT2D eigenvalue weighted by Crippen LogP contribution is -2.38. The van der Waals surface area contributed by atoms with Crippen molar-refractivity contribution in [2.75, 3.05) is 26.9 Å². The highest BCUT2D eigenvalue weighted by Gasteiger charge is 2.26. The molecule has 1 fully saturated rings. The molecule has 1 heterocycles. The third kappa shape index (κ3) is 2.57. The molecule has 94 valence electrons. The SMILES string of the molecule is COc1cccc(C(N)C2COCCO2)c1F. The van der Waals surface area contributed by atoms with Crippen molar-refractivity contribution in [3.63, 3.8) is 0 Å². The van der Waals surface area contributed by atoms with Crippen LogP contribution < -0.4 is 10.5 Å². The quantitative estimate of drug-likeness (QED) is 0.865. The average molecular weight is 241 g/mol. The van der Waals surface area contributed by atoms with Gasteiger partial charge in [0.05, 0.1) is 33.0 Å². The zero-order valence-electron chi connectivity index (χ0n) is 9.69. The van der Waals surface area contributed by atoms with Gasteiger partial charge < -0.3 is 19.9 Å². The van der Waals surface area contributed by atoms with Crippen molar-refractivity contribution in [3.8, 4) is 5.75 Å². The number of halogens is 1. The number of nitrogens with two attached hydrogens (primary N) is 1. The van der Waals surface area contributed by atoms with Crippen molar-refractivity contribution >= 4 is 0 Å². The second-order valence-corrected chi connectivity index (χ2v) is 3.87. The second-order valence-electron chi connectivity index (χ2n) is 3.87. The van der Waals surface area contributed by atoms with Crippen LogP contribution in [0, 0.1) is 5.82 Å². The third-order valence-electron chi connectivity index (χ3n) is 2.81. The normalized spacial score (nSPS) is 22.2. The minimum Gasteiger partial charge on any atom is -0.494 e. The van der Waals surface area contributed by atoms with E-state index in [4.69, 9.17) is 19.9 Å². The molecular formula is C12H16FNO3. The summed E-state index contributed by atoms with van der Waals surface area (Å²) in [6, 6.07) is 4.36. The fourth-order valence-corrected chi connectivity index (χ4v) is 1.86. The molecule has 1 aliphatic rings. The van der Waals surface area contributed by atoms with Gasteiger partial charge >= 0.3 is 0 Å². The standard InChI is InChI=1S/C12H16FNO3/c1-15-9-4-2-3-8(11(9)13)12(14)10-7-16-5-6-17-10/h2-4,10,12H,5-7,14H2,1H3. The van der Waals surface area contributed by atoms with E-state index in [0.29, 0.717) is 25.4 Å². The molecule has 0 bridgehead atoms. The number of ether oxygens (including phenoxy) is 3. The first kappa shape index (κ1) is 12.3. The van der Waals surface area contributed by atoms with Crippen LogP contribution in [0.15, 0.2) is 18.2 Å². The monoisotopic (exact) mass is 241 g/mol. The predicted molar refractivity (Wildman–Crippen MR) is 60.4 cm³/mol. The molecule has 2 N–H and O–H groups in total. The van der Waals surface area contributed by atoms with Crippen LogP contribution in [-0.2, 0) is 9.47 Å². The summed E-state index contributed by atoms with van der Waals surface area (Å²) in [5.41, 5.74) is 6.38. The van der Waals surface area contributed by atoms with Gasteiger partial charge in [-0.3, -0.25) is 0 Å². The van der Waals surface area contributed by atoms with E-state index in [2.05, 4.69) is 0 Å². The first-order valence-electron chi connectivity index (χ1n) is 5.51. The Labute approximate surface area is 99.5 Å². The van der Waals surface area contributed by atoms with Gasteiger partial charge in [0.2, 0.25) is 0 Å². The Morgan fingerprint density at radius 2 is 2.29 bits per heavy atom. The Morgan fingerprint density at radius 1 is 1.47 bits per heavy atom. The van der Waals surface area contributed by atoms with Gasteiger partial charge in [-0.15, -0.1) is 0 Å². The number of hydrogen-bond donors (Lipinski definition) is 1. The summed E-state index contributed by atoms with van der Waals surface area (Å²) in [5.74, 6) is -0.244. The Morgan fingerprint density at radius 3 is 2.94 bits per heavy atom. The third-order valence-corrected chi connectivity index (χ3v) is 2.81. The summed E-state index contributed by atoms with van der Waals surface area (Å²) in [5, 5.41) is 0. The van der Waals surface area contributed by atoms with Crippen LogP contribution >= 0.6 is 0 Å². The minimum atomic E-state index is -0.551. The van der Waals surface area contributed by atoms with E-state index in [0.717, 1.165) is 0 Å². The van der Waals surface area contributed by atoms with Gasteiger partial charge in [-0.25, -0.2) is 4.39 Å². The van der Waals surface area contributed by atoms with Gasteiger partial charge in [-0.2, -0.15) is 0 Å². The van der Waals surface area contributed by atoms with Crippen molar-refractivity contribution in [2.24, 2.45) is 5.73 Å². The van der Waals surface area contributed by atoms with Crippen LogP contribution in [0.4, 0.5) is 4.39 Å². The fourth-order valence-electron chi connectivity index (χ4n) is 1.86. The predicted octanol–water partition coefficient (Wildman–Crippen LogP) is 1.25. The summed E-state index contributed by atoms with van der Waals surface area (Å²) < 4.78 is 29.6. The molecular weight excluding hydrogens is 225 g/mol. The van der Waals surface area contributed by atoms with E-state index in [-0.39, 0.29) is 11.9 Å². The topological polar surface area (TPSA) is 53.7 Å². The summed E-state index contributed by atoms with van der Waals surface area (Å²) in [6.45, 7) is 1.44. The van der Waals surface area contributed by atoms with Crippen molar-refractivity contribution in [1.82, 2.24) is 0 Å². The van der Waals surface area contributed by atoms with Crippen LogP contribution in [0.5, 0.6) is 5.75 Å². The maximum absolute atomic E-state index is 14.0. The van der Waals surface area contributed by atoms with Crippen LogP contribution in [0.25, 0.3) is 0 Å². The van der Waals surface area contributed by atoms with Gasteiger partial charge in [-0.1, -0.05) is 12.1 Å². The first-order valence-corrected chi connectivity index (χ1v) is 5.51. The Kier molecular flexibility index (Phi) is 3.93. The van der Waals surface area contributed by atoms with E-state index in [9.17, 15) is 4.39 Å². The average Bonchev–Trinajstić information content (AvgIpc) is 2.39. The summed E-state index contributed by atoms with van der Waals surface area (Å²) in [7, 11) is 1.42. The lowest BCUT2D eigenvalue weighted by Gasteiger charge is -2.28. The second kappa shape index (κ2) is 5.44. The highest BCUT2D eigenvalue weighted by atomic mass is 19.1. The molecule has 1 saturated heterocycles. The van der Waals surface area contributed by atoms with Crippen molar-refractivity contribution in [3.05, 3.63) is 29.6 Å². The highest BCUT2D eigenvalue weighted by molar-refractivity contribution is 5.33. The molecule has 2 atom stereocenters. The maximum atomic E-state index is 14.0. The molecule has 5 heteroatoms. The van der Waals surface area contributed by atoms with Crippen molar-refractivity contribution in [1.29, 1.82) is 0 Å². The summed E-state index contributed by atoms with van der Waals surface area (Å²) >= 11 is 0. The van der Waals surface area contributed by atoms with Crippen LogP contribution in [-0.4, -0.2) is 33.0 Å². The molecule has 2 unspecified atom stereocenters. The lowest BCUT2D eigenvalue weighted by atomic mass is 10.0. The minimum absolute atomic E-state index is 0.190. The summed E-state index contributed by atoms with van der Waals surface area (Å²) in [4.78, 5) is 0. The molecule has 0 spiro atoms. The Balaban J connectivity index is 2.20. The van der Waals surface area contributed by atoms with Gasteiger partial charge in [0.15, 0.2) is 11.6 Å². The lowest BCUT2D eigenvalue weighted by molar-refractivity contribution is -0.0979. The molecule has 0 amide bonds. The molecule has 1 aromatic carbocycles. The Hall–Kier alpha value is -1.17. The van der Waals surface area contributed by atoms with Crippen LogP contribution in [0.2, 0.25) is 0 Å². The summed E-state index contributed by atoms with van der Waals surface area (Å²) in [6.07, 6.45) is -0.314. The molecule has 2 rings (SSSR count). The molecule has 0 aromatic heterocycles. The van der Waals surface area contributed by atoms with E-state index in [1.54, 1.807) is 18.2 Å². The van der Waals surface area contributed by atoms with Gasteiger partial charge in [0.1, 0.15) is 6.10 Å². The zero-order valence-corrected chi connectivity index (χ0v) is 9.69. The van der Waals surface area contributed by atoms with E-state index >= 15 is 0 Å². The zero-order chi connectivity index (χ0) is 12.3. The van der Waals surface area contributed by atoms with E-state index in [1.807, 2.05) is 0 Å². The van der Waals surface area contributed by atoms with Crippen LogP contribution in [0.3, 0.4) is 0 Å². The fraction of sp³-hybridized carbons (Fsp3) is 0.500.